The molecule has 4 aromatic rings. The first-order valence-electron chi connectivity index (χ1n) is 9.13. The SMILES string of the molecule is Cn1c(-c2nc(-c3ccc(Cl)cc3)ccc2SCCI)nc2cc(C(F)(F)F)ncc21. The van der Waals surface area contributed by atoms with Crippen LogP contribution >= 0.6 is 46.0 Å². The van der Waals surface area contributed by atoms with Crippen molar-refractivity contribution in [1.29, 1.82) is 0 Å². The van der Waals surface area contributed by atoms with Gasteiger partial charge in [-0.25, -0.2) is 15.0 Å². The van der Waals surface area contributed by atoms with Crippen molar-refractivity contribution in [3.63, 3.8) is 0 Å². The number of rotatable bonds is 5. The molecule has 0 saturated carbocycles. The van der Waals surface area contributed by atoms with E-state index in [2.05, 4.69) is 32.6 Å². The highest BCUT2D eigenvalue weighted by atomic mass is 127. The Labute approximate surface area is 199 Å². The summed E-state index contributed by atoms with van der Waals surface area (Å²) >= 11 is 9.93. The number of aryl methyl sites for hydroxylation is 1. The number of benzene rings is 1. The van der Waals surface area contributed by atoms with Crippen molar-refractivity contribution in [2.45, 2.75) is 11.1 Å². The quantitative estimate of drug-likeness (QED) is 0.148. The first-order valence-corrected chi connectivity index (χ1v) is 12.0. The van der Waals surface area contributed by atoms with Gasteiger partial charge < -0.3 is 4.57 Å². The Bertz CT molecular complexity index is 1240. The zero-order chi connectivity index (χ0) is 22.2. The maximum absolute atomic E-state index is 13.1. The number of halogens is 5. The van der Waals surface area contributed by atoms with Gasteiger partial charge in [-0.05, 0) is 30.3 Å². The van der Waals surface area contributed by atoms with Crippen molar-refractivity contribution in [2.75, 3.05) is 10.2 Å². The molecule has 31 heavy (non-hydrogen) atoms. The summed E-state index contributed by atoms with van der Waals surface area (Å²) in [6, 6.07) is 12.2. The third kappa shape index (κ3) is 4.68. The molecule has 0 atom stereocenters. The lowest BCUT2D eigenvalue weighted by molar-refractivity contribution is -0.141. The van der Waals surface area contributed by atoms with Crippen molar-refractivity contribution < 1.29 is 13.2 Å². The van der Waals surface area contributed by atoms with Crippen molar-refractivity contribution in [1.82, 2.24) is 19.5 Å². The Balaban J connectivity index is 1.88. The second kappa shape index (κ2) is 8.95. The number of pyridine rings is 2. The Morgan fingerprint density at radius 3 is 2.52 bits per heavy atom. The number of nitrogens with zero attached hydrogens (tertiary/aromatic N) is 4. The van der Waals surface area contributed by atoms with Crippen LogP contribution in [0.1, 0.15) is 5.69 Å². The predicted molar refractivity (Wildman–Crippen MR) is 127 cm³/mol. The van der Waals surface area contributed by atoms with Crippen molar-refractivity contribution >= 4 is 57.0 Å². The van der Waals surface area contributed by atoms with Gasteiger partial charge in [0, 0.05) is 32.7 Å². The molecule has 3 heterocycles. The van der Waals surface area contributed by atoms with E-state index in [0.717, 1.165) is 32.4 Å². The fraction of sp³-hybridized carbons (Fsp3) is 0.190. The Morgan fingerprint density at radius 2 is 1.84 bits per heavy atom. The molecule has 1 aromatic carbocycles. The number of fused-ring (bicyclic) bond motifs is 1. The molecule has 4 nitrogen and oxygen atoms in total. The van der Waals surface area contributed by atoms with Crippen LogP contribution in [0.2, 0.25) is 5.02 Å². The monoisotopic (exact) mass is 574 g/mol. The molecule has 0 spiro atoms. The summed E-state index contributed by atoms with van der Waals surface area (Å²) in [5.74, 6) is 1.36. The lowest BCUT2D eigenvalue weighted by Gasteiger charge is -2.11. The molecule has 160 valence electrons. The molecule has 0 unspecified atom stereocenters. The number of hydrogen-bond acceptors (Lipinski definition) is 4. The molecule has 10 heteroatoms. The molecule has 0 N–H and O–H groups in total. The molecular formula is C21H15ClF3IN4S. The average molecular weight is 575 g/mol. The van der Waals surface area contributed by atoms with Crippen LogP contribution in [0.4, 0.5) is 13.2 Å². The summed E-state index contributed by atoms with van der Waals surface area (Å²) in [5.41, 5.74) is 2.00. The van der Waals surface area contributed by atoms with E-state index in [1.165, 1.54) is 6.20 Å². The van der Waals surface area contributed by atoms with Gasteiger partial charge in [0.05, 0.1) is 22.9 Å². The highest BCUT2D eigenvalue weighted by Crippen LogP contribution is 2.35. The number of aromatic nitrogens is 4. The van der Waals surface area contributed by atoms with E-state index in [9.17, 15) is 13.2 Å². The minimum Gasteiger partial charge on any atom is -0.325 e. The van der Waals surface area contributed by atoms with E-state index in [4.69, 9.17) is 16.6 Å². The lowest BCUT2D eigenvalue weighted by Crippen LogP contribution is -2.07. The Hall–Kier alpha value is -1.85. The molecule has 0 amide bonds. The number of thioether (sulfide) groups is 1. The van der Waals surface area contributed by atoms with Gasteiger partial charge in [0.1, 0.15) is 11.4 Å². The first-order chi connectivity index (χ1) is 14.8. The molecule has 0 radical (unpaired) electrons. The summed E-state index contributed by atoms with van der Waals surface area (Å²) in [5, 5.41) is 0.626. The van der Waals surface area contributed by atoms with Gasteiger partial charge in [-0.3, -0.25) is 0 Å². The Morgan fingerprint density at radius 1 is 1.10 bits per heavy atom. The fourth-order valence-corrected chi connectivity index (χ4v) is 4.63. The van der Waals surface area contributed by atoms with Crippen LogP contribution in [0.3, 0.4) is 0 Å². The molecule has 3 aromatic heterocycles. The molecule has 0 aliphatic carbocycles. The zero-order valence-electron chi connectivity index (χ0n) is 16.1. The van der Waals surface area contributed by atoms with Gasteiger partial charge >= 0.3 is 6.18 Å². The van der Waals surface area contributed by atoms with E-state index in [1.807, 2.05) is 24.3 Å². The van der Waals surface area contributed by atoms with Gasteiger partial charge in [0.25, 0.3) is 0 Å². The van der Waals surface area contributed by atoms with Crippen LogP contribution in [-0.4, -0.2) is 29.7 Å². The van der Waals surface area contributed by atoms with Crippen molar-refractivity contribution in [3.05, 3.63) is 59.4 Å². The summed E-state index contributed by atoms with van der Waals surface area (Å²) < 4.78 is 42.0. The molecule has 0 aliphatic heterocycles. The minimum absolute atomic E-state index is 0.225. The highest BCUT2D eigenvalue weighted by Gasteiger charge is 2.33. The van der Waals surface area contributed by atoms with Gasteiger partial charge in [-0.2, -0.15) is 13.2 Å². The second-order valence-electron chi connectivity index (χ2n) is 6.64. The standard InChI is InChI=1S/C21H15ClF3IN4S/c1-30-16-11-27-18(21(23,24)25)10-15(16)29-20(30)19-17(31-9-8-26)7-6-14(28-19)12-2-4-13(22)5-3-12/h2-7,10-11H,8-9H2,1H3. The average Bonchev–Trinajstić information content (AvgIpc) is 3.08. The third-order valence-corrected chi connectivity index (χ3v) is 7.17. The van der Waals surface area contributed by atoms with Gasteiger partial charge in [0.2, 0.25) is 0 Å². The van der Waals surface area contributed by atoms with Crippen molar-refractivity contribution in [3.8, 4) is 22.8 Å². The highest BCUT2D eigenvalue weighted by molar-refractivity contribution is 14.1. The normalized spacial score (nSPS) is 11.9. The lowest BCUT2D eigenvalue weighted by atomic mass is 10.1. The van der Waals surface area contributed by atoms with Crippen molar-refractivity contribution in [2.24, 2.45) is 7.05 Å². The minimum atomic E-state index is -4.53. The van der Waals surface area contributed by atoms with E-state index in [-0.39, 0.29) is 5.52 Å². The maximum atomic E-state index is 13.1. The molecule has 0 saturated heterocycles. The largest absolute Gasteiger partial charge is 0.433 e. The predicted octanol–water partition coefficient (Wildman–Crippen LogP) is 6.90. The molecule has 0 aliphatic rings. The summed E-state index contributed by atoms with van der Waals surface area (Å²) in [7, 11) is 1.75. The van der Waals surface area contributed by atoms with E-state index < -0.39 is 11.9 Å². The molecular weight excluding hydrogens is 560 g/mol. The fourth-order valence-electron chi connectivity index (χ4n) is 3.11. The molecule has 4 rings (SSSR count). The van der Waals surface area contributed by atoms with E-state index in [1.54, 1.807) is 35.5 Å². The third-order valence-electron chi connectivity index (χ3n) is 4.60. The molecule has 0 bridgehead atoms. The second-order valence-corrected chi connectivity index (χ2v) is 9.29. The van der Waals surface area contributed by atoms with Crippen LogP contribution in [0.25, 0.3) is 33.8 Å². The first kappa shape index (κ1) is 22.3. The van der Waals surface area contributed by atoms with E-state index >= 15 is 0 Å². The Kier molecular flexibility index (Phi) is 6.45. The van der Waals surface area contributed by atoms with Crippen LogP contribution in [0.15, 0.2) is 53.6 Å². The van der Waals surface area contributed by atoms with Crippen LogP contribution in [0.5, 0.6) is 0 Å². The van der Waals surface area contributed by atoms with Crippen LogP contribution in [0, 0.1) is 0 Å². The van der Waals surface area contributed by atoms with E-state index in [0.29, 0.717) is 22.1 Å². The topological polar surface area (TPSA) is 43.6 Å². The summed E-state index contributed by atoms with van der Waals surface area (Å²) in [4.78, 5) is 13.8. The number of hydrogen-bond donors (Lipinski definition) is 0. The molecule has 0 fully saturated rings. The van der Waals surface area contributed by atoms with Gasteiger partial charge in [0.15, 0.2) is 5.82 Å². The summed E-state index contributed by atoms with van der Waals surface area (Å²) in [6.07, 6.45) is -3.32. The van der Waals surface area contributed by atoms with Crippen LogP contribution < -0.4 is 0 Å². The van der Waals surface area contributed by atoms with Gasteiger partial charge in [-0.15, -0.1) is 11.8 Å². The zero-order valence-corrected chi connectivity index (χ0v) is 19.8. The number of alkyl halides is 4. The number of imidazole rings is 1. The summed E-state index contributed by atoms with van der Waals surface area (Å²) in [6.45, 7) is 0. The maximum Gasteiger partial charge on any atom is 0.433 e. The van der Waals surface area contributed by atoms with Gasteiger partial charge in [-0.1, -0.05) is 46.3 Å². The van der Waals surface area contributed by atoms with Crippen LogP contribution in [-0.2, 0) is 13.2 Å². The smallest absolute Gasteiger partial charge is 0.325 e.